The fourth-order valence-electron chi connectivity index (χ4n) is 2.42. The van der Waals surface area contributed by atoms with E-state index in [1.807, 2.05) is 10.9 Å². The number of hydrogen-bond donors (Lipinski definition) is 7. The number of aromatic amines is 1. The molecule has 0 radical (unpaired) electrons. The number of nitrogens with one attached hydrogen (secondary N) is 1. The first-order valence-electron chi connectivity index (χ1n) is 7.63. The zero-order chi connectivity index (χ0) is 23.8. The van der Waals surface area contributed by atoms with E-state index in [1.165, 1.54) is 0 Å². The van der Waals surface area contributed by atoms with Gasteiger partial charge in [0, 0.05) is 12.3 Å². The van der Waals surface area contributed by atoms with Crippen molar-refractivity contribution in [3.8, 4) is 12.3 Å². The van der Waals surface area contributed by atoms with Gasteiger partial charge in [-0.15, -0.1) is 6.42 Å². The van der Waals surface area contributed by atoms with Crippen molar-refractivity contribution in [3.05, 3.63) is 33.1 Å². The quantitative estimate of drug-likeness (QED) is 0.139. The summed E-state index contributed by atoms with van der Waals surface area (Å²) in [6, 6.07) is 0.902. The van der Waals surface area contributed by atoms with Gasteiger partial charge in [0.05, 0.1) is 6.61 Å². The van der Waals surface area contributed by atoms with Gasteiger partial charge in [-0.3, -0.25) is 14.3 Å². The molecule has 1 saturated heterocycles. The number of rotatable bonds is 8. The van der Waals surface area contributed by atoms with Crippen LogP contribution < -0.4 is 11.2 Å². The van der Waals surface area contributed by atoms with E-state index in [0.29, 0.717) is 4.57 Å². The Morgan fingerprint density at radius 1 is 1.29 bits per heavy atom. The molecule has 31 heavy (non-hydrogen) atoms. The van der Waals surface area contributed by atoms with Crippen LogP contribution in [0.3, 0.4) is 0 Å². The number of phosphoric acid groups is 2. The first kappa shape index (κ1) is 26.2. The van der Waals surface area contributed by atoms with Crippen molar-refractivity contribution >= 4 is 34.2 Å². The Morgan fingerprint density at radius 3 is 2.42 bits per heavy atom. The average molecular weight is 524 g/mol. The van der Waals surface area contributed by atoms with E-state index in [0.717, 1.165) is 12.3 Å². The van der Waals surface area contributed by atoms with Crippen LogP contribution >= 0.6 is 22.4 Å². The zero-order valence-corrected chi connectivity index (χ0v) is 18.3. The molecular formula is C11H15N2O14P3S. The molecule has 1 aliphatic heterocycles. The van der Waals surface area contributed by atoms with Gasteiger partial charge in [-0.1, -0.05) is 5.92 Å². The zero-order valence-electron chi connectivity index (χ0n) is 14.8. The van der Waals surface area contributed by atoms with Crippen LogP contribution in [0.5, 0.6) is 0 Å². The number of aliphatic hydroxyl groups is 2. The molecule has 6 atom stereocenters. The van der Waals surface area contributed by atoms with Gasteiger partial charge in [-0.05, 0) is 11.8 Å². The highest BCUT2D eigenvalue weighted by Crippen LogP contribution is 2.66. The van der Waals surface area contributed by atoms with Gasteiger partial charge in [0.2, 0.25) is 0 Å². The normalized spacial score (nSPS) is 30.3. The van der Waals surface area contributed by atoms with Gasteiger partial charge in [0.15, 0.2) is 11.8 Å². The Hall–Kier alpha value is -1.05. The standard InChI is InChI=1S/C11H15N2O14P3S/c1-2-11(17)8(15)6(25-9(11)13-4-3-7(14)12-10(13)16)5-24-30(23,31)27-29(21,22)26-28(18,19)20/h1,3-4,6,8-9,15,17H,5H2,(H,21,22)(H,23,31)(H,12,14,16)(H2,18,19,20)/t6-,8?,9-,11-,30?/m1/s1. The molecular weight excluding hydrogens is 509 g/mol. The van der Waals surface area contributed by atoms with E-state index in [4.69, 9.17) is 20.9 Å². The molecule has 1 aromatic rings. The van der Waals surface area contributed by atoms with E-state index in [2.05, 4.69) is 25.0 Å². The Morgan fingerprint density at radius 2 is 1.90 bits per heavy atom. The smallest absolute Gasteiger partial charge is 0.386 e. The highest BCUT2D eigenvalue weighted by atomic mass is 32.5. The first-order valence-corrected chi connectivity index (χ1v) is 13.2. The summed E-state index contributed by atoms with van der Waals surface area (Å²) in [4.78, 5) is 61.1. The molecule has 3 unspecified atom stereocenters. The molecule has 0 amide bonds. The van der Waals surface area contributed by atoms with E-state index < -0.39 is 64.3 Å². The minimum absolute atomic E-state index is 0.659. The maximum absolute atomic E-state index is 12.0. The van der Waals surface area contributed by atoms with Crippen LogP contribution in [0.15, 0.2) is 21.9 Å². The van der Waals surface area contributed by atoms with Crippen molar-refractivity contribution in [3.63, 3.8) is 0 Å². The Kier molecular flexibility index (Phi) is 7.66. The molecule has 16 nitrogen and oxygen atoms in total. The number of terminal acetylenes is 1. The minimum Gasteiger partial charge on any atom is -0.386 e. The maximum Gasteiger partial charge on any atom is 0.488 e. The van der Waals surface area contributed by atoms with Gasteiger partial charge in [0.1, 0.15) is 12.2 Å². The summed E-state index contributed by atoms with van der Waals surface area (Å²) in [7, 11) is -11.1. The second-order valence-corrected chi connectivity index (χ2v) is 11.6. The molecule has 7 N–H and O–H groups in total. The maximum atomic E-state index is 12.0. The van der Waals surface area contributed by atoms with Crippen LogP contribution in [-0.2, 0) is 38.8 Å². The van der Waals surface area contributed by atoms with Crippen LogP contribution in [0, 0.1) is 12.3 Å². The third-order valence-corrected chi connectivity index (χ3v) is 8.35. The van der Waals surface area contributed by atoms with Gasteiger partial charge >= 0.3 is 28.1 Å². The predicted octanol–water partition coefficient (Wildman–Crippen LogP) is -2.38. The lowest BCUT2D eigenvalue weighted by Gasteiger charge is -2.26. The van der Waals surface area contributed by atoms with Crippen LogP contribution in [0.4, 0.5) is 0 Å². The van der Waals surface area contributed by atoms with E-state index in [1.54, 1.807) is 0 Å². The molecule has 0 aromatic carbocycles. The summed E-state index contributed by atoms with van der Waals surface area (Å²) in [6.07, 6.45) is 0.836. The molecule has 0 saturated carbocycles. The van der Waals surface area contributed by atoms with Crippen molar-refractivity contribution < 1.29 is 56.8 Å². The topological polar surface area (TPSA) is 247 Å². The summed E-state index contributed by atoms with van der Waals surface area (Å²) in [6.45, 7) is -5.67. The fraction of sp³-hybridized carbons (Fsp3) is 0.455. The van der Waals surface area contributed by atoms with Crippen LogP contribution in [0.1, 0.15) is 6.23 Å². The molecule has 0 bridgehead atoms. The number of ether oxygens (including phenoxy) is 1. The lowest BCUT2D eigenvalue weighted by atomic mass is 9.95. The van der Waals surface area contributed by atoms with Crippen molar-refractivity contribution in [1.82, 2.24) is 9.55 Å². The van der Waals surface area contributed by atoms with E-state index in [-0.39, 0.29) is 0 Å². The average Bonchev–Trinajstić information content (AvgIpc) is 2.82. The molecule has 1 aromatic heterocycles. The number of aliphatic hydroxyl groups excluding tert-OH is 1. The van der Waals surface area contributed by atoms with Crippen LogP contribution in [-0.4, -0.2) is 63.8 Å². The summed E-state index contributed by atoms with van der Waals surface area (Å²) in [5.41, 5.74) is -4.36. The third kappa shape index (κ3) is 6.48. The molecule has 2 rings (SSSR count). The van der Waals surface area contributed by atoms with Crippen molar-refractivity contribution in [2.24, 2.45) is 0 Å². The third-order valence-electron chi connectivity index (χ3n) is 3.64. The minimum atomic E-state index is -5.57. The largest absolute Gasteiger partial charge is 0.488 e. The lowest BCUT2D eigenvalue weighted by Crippen LogP contribution is -2.48. The Balaban J connectivity index is 2.19. The molecule has 0 spiro atoms. The lowest BCUT2D eigenvalue weighted by molar-refractivity contribution is -0.0757. The van der Waals surface area contributed by atoms with Crippen LogP contribution in [0.25, 0.3) is 0 Å². The van der Waals surface area contributed by atoms with Gasteiger partial charge < -0.3 is 39.0 Å². The monoisotopic (exact) mass is 524 g/mol. The SMILES string of the molecule is C#C[C@@]1(O)C(O)[C@@H](COP(O)(=S)OP(=O)(O)OP(=O)(O)O)O[C@H]1n1ccc(=O)[nH]c1=O. The molecule has 2 heterocycles. The van der Waals surface area contributed by atoms with Crippen molar-refractivity contribution in [2.75, 3.05) is 6.61 Å². The number of hydrogen-bond acceptors (Lipinski definition) is 11. The van der Waals surface area contributed by atoms with Gasteiger partial charge in [-0.25, -0.2) is 18.2 Å². The molecule has 20 heteroatoms. The summed E-state index contributed by atoms with van der Waals surface area (Å²) < 4.78 is 40.3. The summed E-state index contributed by atoms with van der Waals surface area (Å²) in [5, 5.41) is 20.9. The highest BCUT2D eigenvalue weighted by molar-refractivity contribution is 8.08. The molecule has 1 aliphatic rings. The van der Waals surface area contributed by atoms with E-state index in [9.17, 15) is 38.7 Å². The second kappa shape index (κ2) is 9.06. The second-order valence-electron chi connectivity index (χ2n) is 5.85. The molecule has 0 aliphatic carbocycles. The summed E-state index contributed by atoms with van der Waals surface area (Å²) in [5.74, 6) is 1.84. The van der Waals surface area contributed by atoms with E-state index >= 15 is 0 Å². The van der Waals surface area contributed by atoms with Crippen molar-refractivity contribution in [1.29, 1.82) is 0 Å². The number of H-pyrrole nitrogens is 1. The number of nitrogens with zero attached hydrogens (tertiary/aromatic N) is 1. The Bertz CT molecular complexity index is 1140. The Labute approximate surface area is 177 Å². The molecule has 1 fully saturated rings. The highest BCUT2D eigenvalue weighted by Gasteiger charge is 2.56. The summed E-state index contributed by atoms with van der Waals surface area (Å²) >= 11 is 4.42. The van der Waals surface area contributed by atoms with Gasteiger partial charge in [-0.2, -0.15) is 4.31 Å². The molecule has 174 valence electrons. The first-order chi connectivity index (χ1) is 14.0. The predicted molar refractivity (Wildman–Crippen MR) is 102 cm³/mol. The number of aromatic nitrogens is 2. The van der Waals surface area contributed by atoms with Crippen molar-refractivity contribution in [2.45, 2.75) is 24.0 Å². The van der Waals surface area contributed by atoms with Crippen LogP contribution in [0.2, 0.25) is 0 Å². The fourth-order valence-corrected chi connectivity index (χ4v) is 6.39. The van der Waals surface area contributed by atoms with Gasteiger partial charge in [0.25, 0.3) is 5.56 Å².